The van der Waals surface area contributed by atoms with Crippen molar-refractivity contribution in [1.29, 1.82) is 0 Å². The molecular formula is C26H22O2S2. The SMILES string of the molecule is C=C(C)C(=O)Sc1ccc(-c2ccc(-c3ccc(SC(=O)C(=C)C)cc3)cc2)cc1. The van der Waals surface area contributed by atoms with Crippen molar-refractivity contribution in [2.24, 2.45) is 0 Å². The highest BCUT2D eigenvalue weighted by atomic mass is 32.2. The number of benzene rings is 3. The van der Waals surface area contributed by atoms with Crippen molar-refractivity contribution in [2.75, 3.05) is 0 Å². The molecule has 3 aromatic rings. The molecule has 0 saturated carbocycles. The first-order valence-electron chi connectivity index (χ1n) is 9.40. The molecule has 0 fully saturated rings. The predicted molar refractivity (Wildman–Crippen MR) is 129 cm³/mol. The molecule has 0 atom stereocenters. The second kappa shape index (κ2) is 9.79. The largest absolute Gasteiger partial charge is 0.282 e. The van der Waals surface area contributed by atoms with Crippen LogP contribution in [0.25, 0.3) is 22.3 Å². The van der Waals surface area contributed by atoms with Gasteiger partial charge in [-0.1, -0.05) is 61.7 Å². The molecule has 30 heavy (non-hydrogen) atoms. The van der Waals surface area contributed by atoms with Crippen LogP contribution in [0, 0.1) is 0 Å². The van der Waals surface area contributed by atoms with Gasteiger partial charge in [-0.05, 0) is 95.0 Å². The van der Waals surface area contributed by atoms with Crippen LogP contribution in [0.1, 0.15) is 13.8 Å². The standard InChI is InChI=1S/C26H22O2S2/c1-17(2)25(27)29-23-13-9-21(10-14-23)19-5-7-20(8-6-19)22-11-15-24(16-12-22)30-26(28)18(3)4/h5-16H,1,3H2,2,4H3. The Hall–Kier alpha value is -2.82. The monoisotopic (exact) mass is 430 g/mol. The lowest BCUT2D eigenvalue weighted by molar-refractivity contribution is -0.108. The number of carbonyl (C=O) groups is 2. The van der Waals surface area contributed by atoms with E-state index < -0.39 is 0 Å². The van der Waals surface area contributed by atoms with Crippen LogP contribution in [-0.4, -0.2) is 10.2 Å². The van der Waals surface area contributed by atoms with Crippen molar-refractivity contribution in [2.45, 2.75) is 23.6 Å². The van der Waals surface area contributed by atoms with E-state index >= 15 is 0 Å². The number of hydrogen-bond donors (Lipinski definition) is 0. The van der Waals surface area contributed by atoms with Crippen molar-refractivity contribution in [3.63, 3.8) is 0 Å². The molecule has 0 unspecified atom stereocenters. The maximum Gasteiger partial charge on any atom is 0.219 e. The topological polar surface area (TPSA) is 34.1 Å². The van der Waals surface area contributed by atoms with Gasteiger partial charge in [-0.2, -0.15) is 0 Å². The Morgan fingerprint density at radius 3 is 1.00 bits per heavy atom. The number of carbonyl (C=O) groups excluding carboxylic acids is 2. The summed E-state index contributed by atoms with van der Waals surface area (Å²) in [6.45, 7) is 10.8. The molecule has 0 aliphatic rings. The van der Waals surface area contributed by atoms with Crippen molar-refractivity contribution < 1.29 is 9.59 Å². The molecule has 2 nitrogen and oxygen atoms in total. The van der Waals surface area contributed by atoms with Crippen LogP contribution in [0.3, 0.4) is 0 Å². The van der Waals surface area contributed by atoms with E-state index in [0.717, 1.165) is 32.0 Å². The fraction of sp³-hybridized carbons (Fsp3) is 0.0769. The van der Waals surface area contributed by atoms with Gasteiger partial charge in [-0.3, -0.25) is 9.59 Å². The van der Waals surface area contributed by atoms with E-state index in [1.807, 2.05) is 48.5 Å². The highest BCUT2D eigenvalue weighted by molar-refractivity contribution is 8.14. The third kappa shape index (κ3) is 5.62. The molecular weight excluding hydrogens is 408 g/mol. The molecule has 3 rings (SSSR count). The molecule has 0 aliphatic heterocycles. The second-order valence-corrected chi connectivity index (χ2v) is 9.06. The zero-order valence-electron chi connectivity index (χ0n) is 17.0. The molecule has 0 aliphatic carbocycles. The van der Waals surface area contributed by atoms with E-state index in [1.54, 1.807) is 13.8 Å². The van der Waals surface area contributed by atoms with Gasteiger partial charge >= 0.3 is 0 Å². The van der Waals surface area contributed by atoms with E-state index in [1.165, 1.54) is 23.5 Å². The third-order valence-corrected chi connectivity index (χ3v) is 6.46. The molecule has 3 aromatic carbocycles. The van der Waals surface area contributed by atoms with Gasteiger partial charge in [0.2, 0.25) is 10.2 Å². The maximum absolute atomic E-state index is 11.8. The van der Waals surface area contributed by atoms with Gasteiger partial charge in [0, 0.05) is 9.79 Å². The molecule has 0 heterocycles. The summed E-state index contributed by atoms with van der Waals surface area (Å²) in [4.78, 5) is 25.4. The summed E-state index contributed by atoms with van der Waals surface area (Å²) >= 11 is 2.39. The molecule has 0 aromatic heterocycles. The summed E-state index contributed by atoms with van der Waals surface area (Å²) in [5, 5.41) is -0.0268. The lowest BCUT2D eigenvalue weighted by Gasteiger charge is -2.07. The van der Waals surface area contributed by atoms with Gasteiger partial charge < -0.3 is 0 Å². The minimum Gasteiger partial charge on any atom is -0.282 e. The van der Waals surface area contributed by atoms with Gasteiger partial charge in [0.1, 0.15) is 0 Å². The van der Waals surface area contributed by atoms with Crippen LogP contribution in [-0.2, 0) is 9.59 Å². The van der Waals surface area contributed by atoms with E-state index in [9.17, 15) is 9.59 Å². The average molecular weight is 431 g/mol. The van der Waals surface area contributed by atoms with Gasteiger partial charge in [-0.25, -0.2) is 0 Å². The molecule has 150 valence electrons. The third-order valence-electron chi connectivity index (χ3n) is 4.38. The van der Waals surface area contributed by atoms with E-state index in [0.29, 0.717) is 11.1 Å². The van der Waals surface area contributed by atoms with E-state index in [2.05, 4.69) is 37.4 Å². The summed E-state index contributed by atoms with van der Waals surface area (Å²) in [6, 6.07) is 24.3. The summed E-state index contributed by atoms with van der Waals surface area (Å²) < 4.78 is 0. The molecule has 0 spiro atoms. The van der Waals surface area contributed by atoms with Crippen LogP contribution in [0.4, 0.5) is 0 Å². The Morgan fingerprint density at radius 2 is 0.767 bits per heavy atom. The van der Waals surface area contributed by atoms with Crippen molar-refractivity contribution in [1.82, 2.24) is 0 Å². The Morgan fingerprint density at radius 1 is 0.533 bits per heavy atom. The fourth-order valence-corrected chi connectivity index (χ4v) is 4.00. The quantitative estimate of drug-likeness (QED) is 0.301. The molecule has 0 bridgehead atoms. The minimum atomic E-state index is -0.0134. The lowest BCUT2D eigenvalue weighted by Crippen LogP contribution is -1.91. The smallest absolute Gasteiger partial charge is 0.219 e. The number of rotatable bonds is 6. The van der Waals surface area contributed by atoms with Crippen LogP contribution in [0.5, 0.6) is 0 Å². The molecule has 0 amide bonds. The predicted octanol–water partition coefficient (Wildman–Crippen LogP) is 7.41. The van der Waals surface area contributed by atoms with Gasteiger partial charge in [-0.15, -0.1) is 0 Å². The van der Waals surface area contributed by atoms with Gasteiger partial charge in [0.05, 0.1) is 0 Å². The van der Waals surface area contributed by atoms with Crippen LogP contribution in [0.2, 0.25) is 0 Å². The van der Waals surface area contributed by atoms with Gasteiger partial charge in [0.25, 0.3) is 0 Å². The zero-order valence-corrected chi connectivity index (χ0v) is 18.6. The Kier molecular flexibility index (Phi) is 7.14. The zero-order chi connectivity index (χ0) is 21.7. The van der Waals surface area contributed by atoms with Crippen molar-refractivity contribution >= 4 is 33.8 Å². The Labute approximate surface area is 186 Å². The number of hydrogen-bond acceptors (Lipinski definition) is 4. The minimum absolute atomic E-state index is 0.0134. The first-order chi connectivity index (χ1) is 14.3. The fourth-order valence-electron chi connectivity index (χ4n) is 2.67. The van der Waals surface area contributed by atoms with Crippen LogP contribution >= 0.6 is 23.5 Å². The highest BCUT2D eigenvalue weighted by Gasteiger charge is 2.07. The second-order valence-electron chi connectivity index (χ2n) is 6.97. The highest BCUT2D eigenvalue weighted by Crippen LogP contribution is 2.29. The van der Waals surface area contributed by atoms with E-state index in [4.69, 9.17) is 0 Å². The Balaban J connectivity index is 1.70. The lowest BCUT2D eigenvalue weighted by atomic mass is 10.0. The summed E-state index contributed by atoms with van der Waals surface area (Å²) in [7, 11) is 0. The number of thioether (sulfide) groups is 2. The van der Waals surface area contributed by atoms with Gasteiger partial charge in [0.15, 0.2) is 0 Å². The Bertz CT molecular complexity index is 1000. The molecule has 0 N–H and O–H groups in total. The van der Waals surface area contributed by atoms with E-state index in [-0.39, 0.29) is 10.2 Å². The summed E-state index contributed by atoms with van der Waals surface area (Å²) in [5.41, 5.74) is 5.52. The first-order valence-corrected chi connectivity index (χ1v) is 11.0. The molecule has 4 heteroatoms. The normalized spacial score (nSPS) is 10.5. The van der Waals surface area contributed by atoms with Crippen molar-refractivity contribution in [3.8, 4) is 22.3 Å². The average Bonchev–Trinajstić information content (AvgIpc) is 2.75. The van der Waals surface area contributed by atoms with Crippen molar-refractivity contribution in [3.05, 3.63) is 97.1 Å². The molecule has 0 saturated heterocycles. The first kappa shape index (κ1) is 21.9. The summed E-state index contributed by atoms with van der Waals surface area (Å²) in [6.07, 6.45) is 0. The maximum atomic E-state index is 11.8. The van der Waals surface area contributed by atoms with Crippen LogP contribution in [0.15, 0.2) is 107 Å². The van der Waals surface area contributed by atoms with Crippen LogP contribution < -0.4 is 0 Å². The molecule has 0 radical (unpaired) electrons. The summed E-state index contributed by atoms with van der Waals surface area (Å²) in [5.74, 6) is 0.